The summed E-state index contributed by atoms with van der Waals surface area (Å²) in [6, 6.07) is 0.764. The maximum Gasteiger partial charge on any atom is 0.321 e. The van der Waals surface area contributed by atoms with Gasteiger partial charge in [-0.05, 0) is 12.8 Å². The lowest BCUT2D eigenvalue weighted by molar-refractivity contribution is -0.144. The van der Waals surface area contributed by atoms with Crippen LogP contribution in [0.15, 0.2) is 17.2 Å². The average Bonchev–Trinajstić information content (AvgIpc) is 3.19. The first-order valence-electron chi connectivity index (χ1n) is 8.46. The zero-order chi connectivity index (χ0) is 17.8. The summed E-state index contributed by atoms with van der Waals surface area (Å²) >= 11 is 1.45. The van der Waals surface area contributed by atoms with Gasteiger partial charge in [-0.15, -0.1) is 0 Å². The summed E-state index contributed by atoms with van der Waals surface area (Å²) < 4.78 is 1.35. The lowest BCUT2D eigenvalue weighted by Crippen LogP contribution is -2.45. The number of carboxylic acids is 1. The molecule has 3 aromatic rings. The number of nitrogens with one attached hydrogen (secondary N) is 1. The number of aromatic nitrogens is 5. The number of nitrogens with zero attached hydrogens (tertiary/aromatic N) is 5. The van der Waals surface area contributed by atoms with Gasteiger partial charge >= 0.3 is 5.97 Å². The van der Waals surface area contributed by atoms with Crippen LogP contribution in [0.2, 0.25) is 0 Å². The highest BCUT2D eigenvalue weighted by atomic mass is 32.1. The lowest BCUT2D eigenvalue weighted by atomic mass is 10.0. The van der Waals surface area contributed by atoms with E-state index in [1.54, 1.807) is 6.33 Å². The number of rotatable bonds is 4. The lowest BCUT2D eigenvalue weighted by Gasteiger charge is -2.31. The van der Waals surface area contributed by atoms with Crippen molar-refractivity contribution < 1.29 is 9.90 Å². The molecule has 0 aromatic carbocycles. The molecule has 1 aliphatic heterocycles. The maximum absolute atomic E-state index is 12.4. The number of aliphatic carboxylic acids is 1. The van der Waals surface area contributed by atoms with E-state index in [1.807, 2.05) is 4.90 Å². The van der Waals surface area contributed by atoms with Gasteiger partial charge in [-0.1, -0.05) is 11.3 Å². The number of aromatic amines is 1. The van der Waals surface area contributed by atoms with Crippen molar-refractivity contribution in [1.82, 2.24) is 29.5 Å². The van der Waals surface area contributed by atoms with Crippen LogP contribution in [-0.2, 0) is 24.3 Å². The molecule has 0 spiro atoms. The molecule has 1 aliphatic carbocycles. The van der Waals surface area contributed by atoms with Crippen molar-refractivity contribution >= 4 is 22.3 Å². The third-order valence-corrected chi connectivity index (χ3v) is 5.96. The predicted molar refractivity (Wildman–Crippen MR) is 92.1 cm³/mol. The third-order valence-electron chi connectivity index (χ3n) is 4.89. The van der Waals surface area contributed by atoms with Crippen LogP contribution >= 0.6 is 11.3 Å². The van der Waals surface area contributed by atoms with Gasteiger partial charge in [0.05, 0.1) is 23.4 Å². The van der Waals surface area contributed by atoms with E-state index in [1.165, 1.54) is 21.9 Å². The molecule has 9 nitrogen and oxygen atoms in total. The van der Waals surface area contributed by atoms with Crippen LogP contribution in [0, 0.1) is 0 Å². The summed E-state index contributed by atoms with van der Waals surface area (Å²) in [6.45, 7) is 0.723. The molecule has 10 heteroatoms. The zero-order valence-electron chi connectivity index (χ0n) is 13.8. The highest BCUT2D eigenvalue weighted by molar-refractivity contribution is 7.16. The number of carboxylic acid groups (broad SMARTS) is 1. The Morgan fingerprint density at radius 1 is 1.42 bits per heavy atom. The van der Waals surface area contributed by atoms with Gasteiger partial charge in [0.15, 0.2) is 0 Å². The van der Waals surface area contributed by atoms with E-state index in [2.05, 4.69) is 20.1 Å². The monoisotopic (exact) mass is 372 g/mol. The van der Waals surface area contributed by atoms with E-state index in [0.29, 0.717) is 29.5 Å². The van der Waals surface area contributed by atoms with Crippen molar-refractivity contribution in [2.24, 2.45) is 0 Å². The first kappa shape index (κ1) is 15.6. The quantitative estimate of drug-likeness (QED) is 0.694. The van der Waals surface area contributed by atoms with Crippen LogP contribution < -0.4 is 5.56 Å². The normalized spacial score (nSPS) is 20.4. The first-order chi connectivity index (χ1) is 12.6. The molecule has 0 unspecified atom stereocenters. The van der Waals surface area contributed by atoms with Crippen LogP contribution in [0.3, 0.4) is 0 Å². The predicted octanol–water partition coefficient (Wildman–Crippen LogP) is 0.763. The van der Waals surface area contributed by atoms with Crippen LogP contribution in [-0.4, -0.2) is 46.6 Å². The number of fused-ring (bicyclic) bond motifs is 2. The molecule has 2 aliphatic rings. The summed E-state index contributed by atoms with van der Waals surface area (Å²) in [4.78, 5) is 38.2. The highest BCUT2D eigenvalue weighted by Crippen LogP contribution is 2.41. The molecule has 134 valence electrons. The van der Waals surface area contributed by atoms with E-state index in [4.69, 9.17) is 0 Å². The Labute approximate surface area is 151 Å². The first-order valence-corrected chi connectivity index (χ1v) is 9.28. The molecule has 2 N–H and O–H groups in total. The second-order valence-corrected chi connectivity index (χ2v) is 7.77. The van der Waals surface area contributed by atoms with E-state index < -0.39 is 12.0 Å². The zero-order valence-corrected chi connectivity index (χ0v) is 14.6. The smallest absolute Gasteiger partial charge is 0.321 e. The van der Waals surface area contributed by atoms with Gasteiger partial charge in [-0.3, -0.25) is 14.5 Å². The van der Waals surface area contributed by atoms with Gasteiger partial charge in [0, 0.05) is 31.5 Å². The third kappa shape index (κ3) is 2.61. The molecule has 1 saturated carbocycles. The van der Waals surface area contributed by atoms with Crippen LogP contribution in [0.4, 0.5) is 0 Å². The molecule has 1 atom stereocenters. The topological polar surface area (TPSA) is 116 Å². The van der Waals surface area contributed by atoms with Crippen LogP contribution in [0.25, 0.3) is 4.96 Å². The molecule has 26 heavy (non-hydrogen) atoms. The summed E-state index contributed by atoms with van der Waals surface area (Å²) in [7, 11) is 0. The maximum atomic E-state index is 12.4. The molecular weight excluding hydrogens is 356 g/mol. The highest BCUT2D eigenvalue weighted by Gasteiger charge is 2.33. The van der Waals surface area contributed by atoms with Gasteiger partial charge in [-0.25, -0.2) is 9.97 Å². The van der Waals surface area contributed by atoms with E-state index in [0.717, 1.165) is 29.2 Å². The Morgan fingerprint density at radius 2 is 2.27 bits per heavy atom. The molecule has 5 rings (SSSR count). The standard InChI is InChI=1S/C16H16N6O3S/c23-13-3-9(19-16-22(13)20-14(26-16)8-1-2-8)5-21-6-11-10(17-7-18-11)4-12(21)15(24)25/h3,7-8,12H,1-2,4-6H2,(H,17,18)(H,24,25)/t12-/m0/s1. The van der Waals surface area contributed by atoms with Crippen molar-refractivity contribution in [2.45, 2.75) is 44.3 Å². The molecule has 0 bridgehead atoms. The Morgan fingerprint density at radius 3 is 3.04 bits per heavy atom. The molecular formula is C16H16N6O3S. The largest absolute Gasteiger partial charge is 0.480 e. The van der Waals surface area contributed by atoms with Crippen molar-refractivity contribution in [3.05, 3.63) is 44.8 Å². The molecule has 3 aromatic heterocycles. The fourth-order valence-corrected chi connectivity index (χ4v) is 4.44. The molecule has 0 saturated heterocycles. The van der Waals surface area contributed by atoms with Gasteiger partial charge in [-0.2, -0.15) is 9.61 Å². The summed E-state index contributed by atoms with van der Waals surface area (Å²) in [5.41, 5.74) is 2.04. The van der Waals surface area contributed by atoms with Crippen LogP contribution in [0.1, 0.15) is 40.8 Å². The minimum Gasteiger partial charge on any atom is -0.480 e. The Hall–Kier alpha value is -2.59. The molecule has 4 heterocycles. The van der Waals surface area contributed by atoms with Gasteiger partial charge in [0.2, 0.25) is 4.96 Å². The Balaban J connectivity index is 1.47. The fourth-order valence-electron chi connectivity index (χ4n) is 3.35. The van der Waals surface area contributed by atoms with Crippen molar-refractivity contribution in [2.75, 3.05) is 0 Å². The van der Waals surface area contributed by atoms with Gasteiger partial charge in [0.25, 0.3) is 5.56 Å². The molecule has 1 fully saturated rings. The number of H-pyrrole nitrogens is 1. The average molecular weight is 372 g/mol. The molecule has 0 radical (unpaired) electrons. The minimum absolute atomic E-state index is 0.223. The van der Waals surface area contributed by atoms with Crippen molar-refractivity contribution in [3.8, 4) is 0 Å². The number of hydrogen-bond acceptors (Lipinski definition) is 7. The van der Waals surface area contributed by atoms with Crippen LogP contribution in [0.5, 0.6) is 0 Å². The Kier molecular flexibility index (Phi) is 3.44. The second kappa shape index (κ2) is 5.71. The second-order valence-electron chi connectivity index (χ2n) is 6.79. The number of imidazole rings is 1. The number of carbonyl (C=O) groups is 1. The fraction of sp³-hybridized carbons (Fsp3) is 0.438. The summed E-state index contributed by atoms with van der Waals surface area (Å²) in [5, 5.41) is 14.9. The Bertz CT molecular complexity index is 1070. The van der Waals surface area contributed by atoms with E-state index >= 15 is 0 Å². The summed E-state index contributed by atoms with van der Waals surface area (Å²) in [6.07, 6.45) is 4.15. The van der Waals surface area contributed by atoms with E-state index in [9.17, 15) is 14.7 Å². The minimum atomic E-state index is -0.898. The van der Waals surface area contributed by atoms with Crippen molar-refractivity contribution in [1.29, 1.82) is 0 Å². The molecule has 0 amide bonds. The van der Waals surface area contributed by atoms with Crippen molar-refractivity contribution in [3.63, 3.8) is 0 Å². The van der Waals surface area contributed by atoms with Gasteiger partial charge in [0.1, 0.15) is 11.0 Å². The summed E-state index contributed by atoms with van der Waals surface area (Å²) in [5.74, 6) is -0.438. The van der Waals surface area contributed by atoms with Gasteiger partial charge < -0.3 is 10.1 Å². The SMILES string of the molecule is O=C(O)[C@@H]1Cc2nc[nH]c2CN1Cc1cc(=O)n2nc(C3CC3)sc2n1. The van der Waals surface area contributed by atoms with E-state index in [-0.39, 0.29) is 12.1 Å². The number of hydrogen-bond donors (Lipinski definition) is 2.